The van der Waals surface area contributed by atoms with Crippen molar-refractivity contribution in [2.75, 3.05) is 5.75 Å². The number of hydrogen-bond acceptors (Lipinski definition) is 4. The third kappa shape index (κ3) is 3.89. The number of hydrogen-bond donors (Lipinski definition) is 0. The average Bonchev–Trinajstić information content (AvgIpc) is 2.93. The Labute approximate surface area is 153 Å². The second-order valence-electron chi connectivity index (χ2n) is 6.95. The lowest BCUT2D eigenvalue weighted by atomic mass is 9.98. The first-order valence-corrected chi connectivity index (χ1v) is 9.86. The Balaban J connectivity index is 1.69. The molecule has 25 heavy (non-hydrogen) atoms. The zero-order valence-electron chi connectivity index (χ0n) is 15.4. The van der Waals surface area contributed by atoms with Crippen LogP contribution in [0.5, 0.6) is 0 Å². The number of aryl methyl sites for hydroxylation is 1. The van der Waals surface area contributed by atoms with Crippen LogP contribution in [0.3, 0.4) is 0 Å². The first-order chi connectivity index (χ1) is 12.0. The number of amides is 1. The molecule has 1 aliphatic heterocycles. The highest BCUT2D eigenvalue weighted by Crippen LogP contribution is 2.26. The maximum absolute atomic E-state index is 12.7. The number of likely N-dealkylation sites (tertiary alicyclic amines) is 1. The van der Waals surface area contributed by atoms with Crippen LogP contribution in [0, 0.1) is 6.92 Å². The number of carbonyl (C=O) groups is 1. The van der Waals surface area contributed by atoms with Crippen molar-refractivity contribution in [3.8, 4) is 11.4 Å². The highest BCUT2D eigenvalue weighted by molar-refractivity contribution is 7.99. The van der Waals surface area contributed by atoms with Crippen LogP contribution in [0.25, 0.3) is 11.4 Å². The van der Waals surface area contributed by atoms with Gasteiger partial charge in [-0.1, -0.05) is 35.5 Å². The summed E-state index contributed by atoms with van der Waals surface area (Å²) in [4.78, 5) is 14.7. The third-order valence-corrected chi connectivity index (χ3v) is 5.92. The standard InChI is InChI=1S/C19H26N4OS/c1-13-7-5-10-16(11-13)18-20-21-19(22(18)4)25-12-17(24)23-14(2)8-6-9-15(23)3/h5,7,10-11,14-15H,6,8-9,12H2,1-4H3/t14-,15+. The largest absolute Gasteiger partial charge is 0.337 e. The van der Waals surface area contributed by atoms with Crippen LogP contribution in [-0.2, 0) is 11.8 Å². The molecule has 1 amide bonds. The molecule has 0 unspecified atom stereocenters. The van der Waals surface area contributed by atoms with E-state index < -0.39 is 0 Å². The minimum absolute atomic E-state index is 0.199. The lowest BCUT2D eigenvalue weighted by Gasteiger charge is -2.39. The lowest BCUT2D eigenvalue weighted by Crippen LogP contribution is -2.48. The van der Waals surface area contributed by atoms with Gasteiger partial charge in [0.25, 0.3) is 0 Å². The van der Waals surface area contributed by atoms with Gasteiger partial charge in [0.1, 0.15) is 0 Å². The summed E-state index contributed by atoms with van der Waals surface area (Å²) in [5.74, 6) is 1.44. The molecule has 2 atom stereocenters. The van der Waals surface area contributed by atoms with E-state index in [1.807, 2.05) is 28.6 Å². The molecule has 3 rings (SSSR count). The molecule has 2 heterocycles. The van der Waals surface area contributed by atoms with E-state index in [1.54, 1.807) is 0 Å². The fraction of sp³-hybridized carbons (Fsp3) is 0.526. The molecule has 1 aromatic heterocycles. The number of nitrogens with zero attached hydrogens (tertiary/aromatic N) is 4. The summed E-state index contributed by atoms with van der Waals surface area (Å²) in [6.45, 7) is 6.36. The van der Waals surface area contributed by atoms with Crippen molar-refractivity contribution in [1.29, 1.82) is 0 Å². The smallest absolute Gasteiger partial charge is 0.233 e. The van der Waals surface area contributed by atoms with Crippen LogP contribution in [0.2, 0.25) is 0 Å². The molecule has 6 heteroatoms. The zero-order valence-corrected chi connectivity index (χ0v) is 16.2. The monoisotopic (exact) mass is 358 g/mol. The SMILES string of the molecule is Cc1cccc(-c2nnc(SCC(=O)N3[C@H](C)CCC[C@@H]3C)n2C)c1. The van der Waals surface area contributed by atoms with Gasteiger partial charge >= 0.3 is 0 Å². The summed E-state index contributed by atoms with van der Waals surface area (Å²) in [7, 11) is 1.95. The van der Waals surface area contributed by atoms with Gasteiger partial charge in [0.2, 0.25) is 5.91 Å². The van der Waals surface area contributed by atoms with E-state index in [9.17, 15) is 4.79 Å². The van der Waals surface area contributed by atoms with Gasteiger partial charge in [-0.2, -0.15) is 0 Å². The highest BCUT2D eigenvalue weighted by atomic mass is 32.2. The van der Waals surface area contributed by atoms with Gasteiger partial charge in [-0.25, -0.2) is 0 Å². The van der Waals surface area contributed by atoms with Crippen LogP contribution in [0.15, 0.2) is 29.4 Å². The van der Waals surface area contributed by atoms with Crippen molar-refractivity contribution in [2.45, 2.75) is 57.3 Å². The third-order valence-electron chi connectivity index (χ3n) is 4.92. The minimum Gasteiger partial charge on any atom is -0.337 e. The summed E-state index contributed by atoms with van der Waals surface area (Å²) in [6.07, 6.45) is 3.41. The maximum atomic E-state index is 12.7. The molecule has 1 saturated heterocycles. The highest BCUT2D eigenvalue weighted by Gasteiger charge is 2.29. The lowest BCUT2D eigenvalue weighted by molar-refractivity contribution is -0.134. The molecule has 0 aliphatic carbocycles. The summed E-state index contributed by atoms with van der Waals surface area (Å²) >= 11 is 1.47. The number of benzene rings is 1. The number of aromatic nitrogens is 3. The van der Waals surface area contributed by atoms with E-state index in [-0.39, 0.29) is 5.91 Å². The second kappa shape index (κ2) is 7.60. The molecule has 5 nitrogen and oxygen atoms in total. The molecule has 1 aliphatic rings. The Hall–Kier alpha value is -1.82. The molecule has 1 fully saturated rings. The molecule has 0 saturated carbocycles. The Kier molecular flexibility index (Phi) is 5.47. The molecule has 134 valence electrons. The van der Waals surface area contributed by atoms with Crippen LogP contribution in [-0.4, -0.2) is 43.4 Å². The van der Waals surface area contributed by atoms with E-state index in [0.29, 0.717) is 17.8 Å². The summed E-state index contributed by atoms with van der Waals surface area (Å²) in [6, 6.07) is 8.89. The Morgan fingerprint density at radius 3 is 2.64 bits per heavy atom. The van der Waals surface area contributed by atoms with E-state index in [4.69, 9.17) is 0 Å². The molecule has 2 aromatic rings. The molecule has 0 N–H and O–H groups in total. The molecular weight excluding hydrogens is 332 g/mol. The van der Waals surface area contributed by atoms with Crippen molar-refractivity contribution in [2.24, 2.45) is 7.05 Å². The van der Waals surface area contributed by atoms with Crippen molar-refractivity contribution in [3.63, 3.8) is 0 Å². The average molecular weight is 359 g/mol. The summed E-state index contributed by atoms with van der Waals surface area (Å²) < 4.78 is 1.97. The normalized spacial score (nSPS) is 20.7. The van der Waals surface area contributed by atoms with Crippen LogP contribution >= 0.6 is 11.8 Å². The van der Waals surface area contributed by atoms with E-state index >= 15 is 0 Å². The van der Waals surface area contributed by atoms with Gasteiger partial charge in [-0.3, -0.25) is 4.79 Å². The quantitative estimate of drug-likeness (QED) is 0.783. The second-order valence-corrected chi connectivity index (χ2v) is 7.90. The van der Waals surface area contributed by atoms with Gasteiger partial charge < -0.3 is 9.47 Å². The van der Waals surface area contributed by atoms with Crippen LogP contribution in [0.4, 0.5) is 0 Å². The van der Waals surface area contributed by atoms with Crippen LogP contribution < -0.4 is 0 Å². The Morgan fingerprint density at radius 2 is 1.96 bits per heavy atom. The van der Waals surface area contributed by atoms with E-state index in [2.05, 4.69) is 43.1 Å². The molecule has 0 bridgehead atoms. The van der Waals surface area contributed by atoms with Crippen LogP contribution in [0.1, 0.15) is 38.7 Å². The molecule has 0 radical (unpaired) electrons. The van der Waals surface area contributed by atoms with Gasteiger partial charge in [0.15, 0.2) is 11.0 Å². The van der Waals surface area contributed by atoms with Gasteiger partial charge in [0, 0.05) is 24.7 Å². The number of piperidine rings is 1. The molecule has 1 aromatic carbocycles. The fourth-order valence-corrected chi connectivity index (χ4v) is 4.37. The number of rotatable bonds is 4. The van der Waals surface area contributed by atoms with Crippen molar-refractivity contribution >= 4 is 17.7 Å². The predicted octanol–water partition coefficient (Wildman–Crippen LogP) is 3.67. The summed E-state index contributed by atoms with van der Waals surface area (Å²) in [5, 5.41) is 9.38. The summed E-state index contributed by atoms with van der Waals surface area (Å²) in [5.41, 5.74) is 2.24. The number of carbonyl (C=O) groups excluding carboxylic acids is 1. The van der Waals surface area contributed by atoms with E-state index in [1.165, 1.54) is 23.7 Å². The first kappa shape index (κ1) is 18.0. The van der Waals surface area contributed by atoms with Crippen molar-refractivity contribution in [1.82, 2.24) is 19.7 Å². The molecular formula is C19H26N4OS. The zero-order chi connectivity index (χ0) is 18.0. The van der Waals surface area contributed by atoms with Crippen molar-refractivity contribution < 1.29 is 4.79 Å². The number of thioether (sulfide) groups is 1. The van der Waals surface area contributed by atoms with Crippen molar-refractivity contribution in [3.05, 3.63) is 29.8 Å². The van der Waals surface area contributed by atoms with Gasteiger partial charge in [-0.05, 0) is 46.1 Å². The van der Waals surface area contributed by atoms with E-state index in [0.717, 1.165) is 29.4 Å². The maximum Gasteiger partial charge on any atom is 0.233 e. The van der Waals surface area contributed by atoms with Gasteiger partial charge in [-0.15, -0.1) is 10.2 Å². The first-order valence-electron chi connectivity index (χ1n) is 8.87. The predicted molar refractivity (Wildman–Crippen MR) is 102 cm³/mol. The minimum atomic E-state index is 0.199. The molecule has 0 spiro atoms. The fourth-order valence-electron chi connectivity index (χ4n) is 3.59. The topological polar surface area (TPSA) is 51.0 Å². The Morgan fingerprint density at radius 1 is 1.24 bits per heavy atom. The van der Waals surface area contributed by atoms with Gasteiger partial charge in [0.05, 0.1) is 5.75 Å². The Bertz CT molecular complexity index is 748.